The Morgan fingerprint density at radius 1 is 1.32 bits per heavy atom. The van der Waals surface area contributed by atoms with E-state index in [0.717, 1.165) is 0 Å². The molecule has 0 radical (unpaired) electrons. The standard InChI is InChI=1S/C15H29N2OP/c1-11(2)15-13(5)10-14(6)17(12(3)4)19(15)18-9-8-16-7/h11-15H,8-10H2,1-6H3. The average molecular weight is 284 g/mol. The summed E-state index contributed by atoms with van der Waals surface area (Å²) in [7, 11) is -0.578. The van der Waals surface area contributed by atoms with Gasteiger partial charge < -0.3 is 9.37 Å². The van der Waals surface area contributed by atoms with Crippen molar-refractivity contribution in [2.45, 2.75) is 65.7 Å². The number of nitrogens with zero attached hydrogens (tertiary/aromatic N) is 2. The van der Waals surface area contributed by atoms with Gasteiger partial charge in [0.2, 0.25) is 6.54 Å². The lowest BCUT2D eigenvalue weighted by Crippen LogP contribution is -2.46. The Morgan fingerprint density at radius 2 is 1.95 bits per heavy atom. The number of hydrogen-bond donors (Lipinski definition) is 0. The van der Waals surface area contributed by atoms with Gasteiger partial charge in [-0.25, -0.2) is 6.57 Å². The molecule has 1 heterocycles. The van der Waals surface area contributed by atoms with Crippen LogP contribution in [0.1, 0.15) is 48.0 Å². The van der Waals surface area contributed by atoms with Gasteiger partial charge in [-0.05, 0) is 39.0 Å². The predicted molar refractivity (Wildman–Crippen MR) is 83.2 cm³/mol. The maximum absolute atomic E-state index is 6.91. The van der Waals surface area contributed by atoms with E-state index in [-0.39, 0.29) is 0 Å². The van der Waals surface area contributed by atoms with Gasteiger partial charge >= 0.3 is 0 Å². The van der Waals surface area contributed by atoms with Crippen molar-refractivity contribution in [2.75, 3.05) is 13.2 Å². The summed E-state index contributed by atoms with van der Waals surface area (Å²) in [6.07, 6.45) is 1.26. The highest BCUT2D eigenvalue weighted by Crippen LogP contribution is 2.58. The van der Waals surface area contributed by atoms with Crippen molar-refractivity contribution in [1.29, 1.82) is 0 Å². The summed E-state index contributed by atoms with van der Waals surface area (Å²) in [6, 6.07) is 1.10. The maximum atomic E-state index is 6.91. The van der Waals surface area contributed by atoms with Crippen LogP contribution in [-0.4, -0.2) is 35.6 Å². The van der Waals surface area contributed by atoms with E-state index in [1.54, 1.807) is 0 Å². The van der Waals surface area contributed by atoms with Gasteiger partial charge in [-0.3, -0.25) is 4.67 Å². The molecule has 0 aromatic rings. The topological polar surface area (TPSA) is 16.8 Å². The van der Waals surface area contributed by atoms with Crippen LogP contribution < -0.4 is 0 Å². The molecule has 0 saturated carbocycles. The van der Waals surface area contributed by atoms with Crippen LogP contribution in [0.4, 0.5) is 0 Å². The molecule has 0 bridgehead atoms. The quantitative estimate of drug-likeness (QED) is 0.423. The van der Waals surface area contributed by atoms with Crippen molar-refractivity contribution in [2.24, 2.45) is 11.8 Å². The van der Waals surface area contributed by atoms with Crippen LogP contribution in [0, 0.1) is 18.4 Å². The van der Waals surface area contributed by atoms with E-state index < -0.39 is 8.30 Å². The van der Waals surface area contributed by atoms with Crippen molar-refractivity contribution in [3.8, 4) is 0 Å². The van der Waals surface area contributed by atoms with E-state index in [9.17, 15) is 0 Å². The second kappa shape index (κ2) is 7.58. The fourth-order valence-electron chi connectivity index (χ4n) is 3.33. The van der Waals surface area contributed by atoms with E-state index in [0.29, 0.717) is 42.7 Å². The van der Waals surface area contributed by atoms with Crippen molar-refractivity contribution in [3.05, 3.63) is 11.4 Å². The molecule has 0 aliphatic carbocycles. The summed E-state index contributed by atoms with van der Waals surface area (Å²) < 4.78 is 8.76. The molecule has 0 spiro atoms. The van der Waals surface area contributed by atoms with Crippen LogP contribution in [-0.2, 0) is 4.52 Å². The first-order valence-electron chi connectivity index (χ1n) is 7.43. The zero-order valence-electron chi connectivity index (χ0n) is 13.3. The molecule has 0 aromatic carbocycles. The fourth-order valence-corrected chi connectivity index (χ4v) is 6.22. The summed E-state index contributed by atoms with van der Waals surface area (Å²) in [6.45, 7) is 21.8. The van der Waals surface area contributed by atoms with E-state index >= 15 is 0 Å². The molecule has 19 heavy (non-hydrogen) atoms. The van der Waals surface area contributed by atoms with Crippen LogP contribution in [0.5, 0.6) is 0 Å². The molecule has 110 valence electrons. The summed E-state index contributed by atoms with van der Waals surface area (Å²) >= 11 is 0. The molecule has 0 amide bonds. The van der Waals surface area contributed by atoms with Gasteiger partial charge in [0, 0.05) is 17.7 Å². The summed E-state index contributed by atoms with van der Waals surface area (Å²) in [5, 5.41) is 0. The molecule has 1 saturated heterocycles. The second-order valence-corrected chi connectivity index (χ2v) is 8.21. The molecule has 0 aromatic heterocycles. The molecule has 1 rings (SSSR count). The van der Waals surface area contributed by atoms with E-state index in [1.165, 1.54) is 6.42 Å². The monoisotopic (exact) mass is 284 g/mol. The third-order valence-corrected chi connectivity index (χ3v) is 7.24. The van der Waals surface area contributed by atoms with E-state index in [1.807, 2.05) is 0 Å². The van der Waals surface area contributed by atoms with Gasteiger partial charge in [0.1, 0.15) is 14.9 Å². The Kier molecular flexibility index (Phi) is 6.74. The van der Waals surface area contributed by atoms with Crippen LogP contribution in [0.3, 0.4) is 0 Å². The van der Waals surface area contributed by atoms with Gasteiger partial charge in [0.05, 0.1) is 0 Å². The Bertz CT molecular complexity index is 294. The number of hydrogen-bond acceptors (Lipinski definition) is 2. The molecule has 4 heteroatoms. The molecule has 3 nitrogen and oxygen atoms in total. The average Bonchev–Trinajstić information content (AvgIpc) is 2.27. The maximum Gasteiger partial charge on any atom is 0.238 e. The first kappa shape index (κ1) is 16.9. The summed E-state index contributed by atoms with van der Waals surface area (Å²) in [5.41, 5.74) is 0.624. The lowest BCUT2D eigenvalue weighted by Gasteiger charge is -2.50. The van der Waals surface area contributed by atoms with Crippen molar-refractivity contribution in [3.63, 3.8) is 0 Å². The highest BCUT2D eigenvalue weighted by Gasteiger charge is 2.43. The third kappa shape index (κ3) is 4.15. The molecule has 1 aliphatic heterocycles. The normalized spacial score (nSPS) is 32.8. The summed E-state index contributed by atoms with van der Waals surface area (Å²) in [4.78, 5) is 3.41. The predicted octanol–water partition coefficient (Wildman–Crippen LogP) is 4.40. The third-order valence-electron chi connectivity index (χ3n) is 3.87. The van der Waals surface area contributed by atoms with Crippen molar-refractivity contribution >= 4 is 8.30 Å². The Balaban J connectivity index is 2.90. The Morgan fingerprint density at radius 3 is 2.42 bits per heavy atom. The van der Waals surface area contributed by atoms with Crippen molar-refractivity contribution < 1.29 is 4.52 Å². The van der Waals surface area contributed by atoms with Crippen molar-refractivity contribution in [1.82, 2.24) is 4.67 Å². The highest BCUT2D eigenvalue weighted by atomic mass is 31.2. The zero-order chi connectivity index (χ0) is 14.6. The Hall–Kier alpha value is -0.160. The van der Waals surface area contributed by atoms with Gasteiger partial charge in [0.15, 0.2) is 0 Å². The highest BCUT2D eigenvalue weighted by molar-refractivity contribution is 7.51. The SMILES string of the molecule is [C-]#[N+]CCOP1C(C(C)C)C(C)CC(C)N1C(C)C. The van der Waals surface area contributed by atoms with E-state index in [2.05, 4.69) is 51.1 Å². The first-order chi connectivity index (χ1) is 8.90. The first-order valence-corrected chi connectivity index (χ1v) is 8.71. The molecule has 1 fully saturated rings. The molecule has 0 N–H and O–H groups in total. The minimum absolute atomic E-state index is 0.484. The largest absolute Gasteiger partial charge is 0.335 e. The zero-order valence-corrected chi connectivity index (χ0v) is 14.2. The van der Waals surface area contributed by atoms with E-state index in [4.69, 9.17) is 11.1 Å². The van der Waals surface area contributed by atoms with Gasteiger partial charge in [-0.2, -0.15) is 0 Å². The molecule has 1 aliphatic rings. The van der Waals surface area contributed by atoms with Crippen LogP contribution in [0.25, 0.3) is 4.85 Å². The fraction of sp³-hybridized carbons (Fsp3) is 0.933. The number of rotatable bonds is 5. The molecule has 4 atom stereocenters. The summed E-state index contributed by atoms with van der Waals surface area (Å²) in [5.74, 6) is 1.35. The smallest absolute Gasteiger partial charge is 0.238 e. The minimum atomic E-state index is -0.578. The molecular formula is C15H29N2OP. The Labute approximate surface area is 120 Å². The molecular weight excluding hydrogens is 255 g/mol. The van der Waals surface area contributed by atoms with Gasteiger partial charge in [-0.15, -0.1) is 0 Å². The van der Waals surface area contributed by atoms with Gasteiger partial charge in [0.25, 0.3) is 0 Å². The lowest BCUT2D eigenvalue weighted by molar-refractivity contribution is 0.178. The molecule has 4 unspecified atom stereocenters. The van der Waals surface area contributed by atoms with Crippen LogP contribution in [0.15, 0.2) is 0 Å². The van der Waals surface area contributed by atoms with Gasteiger partial charge in [-0.1, -0.05) is 20.8 Å². The lowest BCUT2D eigenvalue weighted by atomic mass is 9.92. The second-order valence-electron chi connectivity index (χ2n) is 6.29. The van der Waals surface area contributed by atoms with Crippen LogP contribution >= 0.6 is 8.30 Å². The minimum Gasteiger partial charge on any atom is -0.335 e. The van der Waals surface area contributed by atoms with Crippen LogP contribution in [0.2, 0.25) is 0 Å².